The van der Waals surface area contributed by atoms with E-state index in [1.54, 1.807) is 11.8 Å². The fraction of sp³-hybridized carbons (Fsp3) is 0.276. The number of ether oxygens (including phenoxy) is 2. The zero-order valence-electron chi connectivity index (χ0n) is 21.0. The Balaban J connectivity index is 1.53. The van der Waals surface area contributed by atoms with E-state index in [2.05, 4.69) is 22.3 Å². The van der Waals surface area contributed by atoms with Crippen molar-refractivity contribution in [3.8, 4) is 23.1 Å². The number of unbranched alkanes of at least 4 members (excludes halogenated alkanes) is 1. The van der Waals surface area contributed by atoms with Crippen LogP contribution in [0.2, 0.25) is 0 Å². The number of hydrogen-bond donors (Lipinski definition) is 1. The van der Waals surface area contributed by atoms with Crippen LogP contribution in [-0.2, 0) is 11.2 Å². The lowest BCUT2D eigenvalue weighted by Gasteiger charge is -2.10. The van der Waals surface area contributed by atoms with E-state index < -0.39 is 0 Å². The first-order valence-corrected chi connectivity index (χ1v) is 12.2. The van der Waals surface area contributed by atoms with Gasteiger partial charge in [-0.3, -0.25) is 4.79 Å². The van der Waals surface area contributed by atoms with Crippen molar-refractivity contribution in [2.75, 3.05) is 25.6 Å². The second-order valence-corrected chi connectivity index (χ2v) is 8.59. The molecular weight excluding hydrogens is 452 g/mol. The van der Waals surface area contributed by atoms with Crippen LogP contribution in [0.5, 0.6) is 6.01 Å². The summed E-state index contributed by atoms with van der Waals surface area (Å²) < 4.78 is 12.5. The summed E-state index contributed by atoms with van der Waals surface area (Å²) in [6.45, 7) is 5.02. The van der Waals surface area contributed by atoms with Gasteiger partial charge in [-0.15, -0.1) is 5.10 Å². The highest BCUT2D eigenvalue weighted by Crippen LogP contribution is 2.27. The SMILES string of the molecule is CCCCc1ccc(C(=O)Nc2ccc(-n3nc(OCCOC)nc3-c3ccccc3C)cc2)cc1. The Hall–Kier alpha value is -3.97. The van der Waals surface area contributed by atoms with Crippen LogP contribution in [0.3, 0.4) is 0 Å². The van der Waals surface area contributed by atoms with Gasteiger partial charge in [0.25, 0.3) is 5.91 Å². The standard InChI is InChI=1S/C29H32N4O3/c1-4-5-9-22-11-13-23(14-12-22)28(34)30-24-15-17-25(18-16-24)33-27(26-10-7-6-8-21(26)2)31-29(32-33)36-20-19-35-3/h6-8,10-18H,4-5,9,19-20H2,1-3H3,(H,30,34). The molecule has 4 rings (SSSR count). The normalized spacial score (nSPS) is 10.9. The third-order valence-corrected chi connectivity index (χ3v) is 5.90. The van der Waals surface area contributed by atoms with Gasteiger partial charge in [0.2, 0.25) is 0 Å². The molecule has 0 unspecified atom stereocenters. The van der Waals surface area contributed by atoms with Gasteiger partial charge in [0.15, 0.2) is 5.82 Å². The minimum atomic E-state index is -0.139. The third-order valence-electron chi connectivity index (χ3n) is 5.90. The first-order chi connectivity index (χ1) is 17.6. The lowest BCUT2D eigenvalue weighted by Crippen LogP contribution is -2.12. The van der Waals surface area contributed by atoms with E-state index in [4.69, 9.17) is 9.47 Å². The predicted molar refractivity (Wildman–Crippen MR) is 142 cm³/mol. The maximum absolute atomic E-state index is 12.7. The van der Waals surface area contributed by atoms with E-state index in [0.717, 1.165) is 36.1 Å². The van der Waals surface area contributed by atoms with Crippen molar-refractivity contribution < 1.29 is 14.3 Å². The van der Waals surface area contributed by atoms with E-state index in [1.165, 1.54) is 5.56 Å². The number of hydrogen-bond acceptors (Lipinski definition) is 5. The Bertz CT molecular complexity index is 1280. The summed E-state index contributed by atoms with van der Waals surface area (Å²) in [6, 6.07) is 23.6. The molecular formula is C29H32N4O3. The van der Waals surface area contributed by atoms with Crippen molar-refractivity contribution in [3.63, 3.8) is 0 Å². The van der Waals surface area contributed by atoms with Crippen molar-refractivity contribution in [2.45, 2.75) is 33.1 Å². The molecule has 36 heavy (non-hydrogen) atoms. The van der Waals surface area contributed by atoms with Crippen LogP contribution in [0.15, 0.2) is 72.8 Å². The molecule has 7 nitrogen and oxygen atoms in total. The van der Waals surface area contributed by atoms with Crippen molar-refractivity contribution in [1.82, 2.24) is 14.8 Å². The molecule has 1 amide bonds. The molecule has 1 aromatic heterocycles. The molecule has 1 N–H and O–H groups in total. The second kappa shape index (κ2) is 12.1. The van der Waals surface area contributed by atoms with Crippen molar-refractivity contribution in [2.24, 2.45) is 0 Å². The Kier molecular flexibility index (Phi) is 8.47. The van der Waals surface area contributed by atoms with Crippen molar-refractivity contribution in [1.29, 1.82) is 0 Å². The molecule has 0 radical (unpaired) electrons. The van der Waals surface area contributed by atoms with Crippen LogP contribution in [0.1, 0.15) is 41.3 Å². The summed E-state index contributed by atoms with van der Waals surface area (Å²) in [4.78, 5) is 17.4. The summed E-state index contributed by atoms with van der Waals surface area (Å²) in [6.07, 6.45) is 3.34. The third kappa shape index (κ3) is 6.17. The average molecular weight is 485 g/mol. The van der Waals surface area contributed by atoms with Crippen LogP contribution in [0.25, 0.3) is 17.1 Å². The Morgan fingerprint density at radius 2 is 1.72 bits per heavy atom. The number of carbonyl (C=O) groups is 1. The van der Waals surface area contributed by atoms with Gasteiger partial charge in [-0.25, -0.2) is 4.68 Å². The molecule has 0 aliphatic carbocycles. The Morgan fingerprint density at radius 3 is 2.42 bits per heavy atom. The van der Waals surface area contributed by atoms with Crippen LogP contribution in [-0.4, -0.2) is 41.0 Å². The van der Waals surface area contributed by atoms with Crippen LogP contribution < -0.4 is 10.1 Å². The average Bonchev–Trinajstić information content (AvgIpc) is 3.32. The monoisotopic (exact) mass is 484 g/mol. The zero-order valence-corrected chi connectivity index (χ0v) is 21.0. The summed E-state index contributed by atoms with van der Waals surface area (Å²) in [5.41, 5.74) is 5.44. The molecule has 0 fully saturated rings. The number of nitrogens with zero attached hydrogens (tertiary/aromatic N) is 3. The minimum absolute atomic E-state index is 0.139. The van der Waals surface area contributed by atoms with Crippen LogP contribution in [0, 0.1) is 6.92 Å². The number of aromatic nitrogens is 3. The summed E-state index contributed by atoms with van der Waals surface area (Å²) in [7, 11) is 1.62. The van der Waals surface area contributed by atoms with E-state index >= 15 is 0 Å². The number of benzene rings is 3. The molecule has 0 aliphatic rings. The van der Waals surface area contributed by atoms with Gasteiger partial charge in [-0.05, 0) is 67.3 Å². The topological polar surface area (TPSA) is 78.3 Å². The van der Waals surface area contributed by atoms with E-state index in [-0.39, 0.29) is 11.9 Å². The first-order valence-electron chi connectivity index (χ1n) is 12.2. The molecule has 0 spiro atoms. The molecule has 3 aromatic carbocycles. The van der Waals surface area contributed by atoms with Crippen molar-refractivity contribution >= 4 is 11.6 Å². The van der Waals surface area contributed by atoms with Crippen LogP contribution >= 0.6 is 0 Å². The summed E-state index contributed by atoms with van der Waals surface area (Å²) in [5.74, 6) is 0.542. The van der Waals surface area contributed by atoms with E-state index in [0.29, 0.717) is 30.3 Å². The molecule has 0 saturated heterocycles. The van der Waals surface area contributed by atoms with E-state index in [1.807, 2.05) is 79.7 Å². The fourth-order valence-corrected chi connectivity index (χ4v) is 3.84. The smallest absolute Gasteiger partial charge is 0.336 e. The largest absolute Gasteiger partial charge is 0.460 e. The molecule has 4 aromatic rings. The fourth-order valence-electron chi connectivity index (χ4n) is 3.84. The minimum Gasteiger partial charge on any atom is -0.460 e. The Labute approximate surface area is 212 Å². The van der Waals surface area contributed by atoms with Gasteiger partial charge in [0.05, 0.1) is 12.3 Å². The van der Waals surface area contributed by atoms with Crippen LogP contribution in [0.4, 0.5) is 5.69 Å². The molecule has 0 saturated carbocycles. The quantitative estimate of drug-likeness (QED) is 0.270. The summed E-state index contributed by atoms with van der Waals surface area (Å²) in [5, 5.41) is 7.55. The van der Waals surface area contributed by atoms with Gasteiger partial charge in [-0.2, -0.15) is 4.98 Å². The van der Waals surface area contributed by atoms with Gasteiger partial charge in [0.1, 0.15) is 6.61 Å². The Morgan fingerprint density at radius 1 is 0.972 bits per heavy atom. The molecule has 7 heteroatoms. The first kappa shape index (κ1) is 25.1. The van der Waals surface area contributed by atoms with Gasteiger partial charge >= 0.3 is 6.01 Å². The molecule has 0 aliphatic heterocycles. The number of carbonyl (C=O) groups excluding carboxylic acids is 1. The lowest BCUT2D eigenvalue weighted by atomic mass is 10.1. The van der Waals surface area contributed by atoms with Gasteiger partial charge in [0, 0.05) is 23.9 Å². The lowest BCUT2D eigenvalue weighted by molar-refractivity contribution is 0.102. The van der Waals surface area contributed by atoms with Crippen molar-refractivity contribution in [3.05, 3.63) is 89.5 Å². The molecule has 0 atom stereocenters. The molecule has 1 heterocycles. The number of rotatable bonds is 11. The maximum Gasteiger partial charge on any atom is 0.336 e. The second-order valence-electron chi connectivity index (χ2n) is 8.59. The number of nitrogens with one attached hydrogen (secondary N) is 1. The maximum atomic E-state index is 12.7. The number of amides is 1. The summed E-state index contributed by atoms with van der Waals surface area (Å²) >= 11 is 0. The highest BCUT2D eigenvalue weighted by Gasteiger charge is 2.16. The predicted octanol–water partition coefficient (Wildman–Crippen LogP) is 5.86. The van der Waals surface area contributed by atoms with Gasteiger partial charge in [-0.1, -0.05) is 49.7 Å². The highest BCUT2D eigenvalue weighted by molar-refractivity contribution is 6.04. The van der Waals surface area contributed by atoms with Gasteiger partial charge < -0.3 is 14.8 Å². The number of anilines is 1. The number of methoxy groups -OCH3 is 1. The number of aryl methyl sites for hydroxylation is 2. The van der Waals surface area contributed by atoms with E-state index in [9.17, 15) is 4.79 Å². The zero-order chi connectivity index (χ0) is 25.3. The highest BCUT2D eigenvalue weighted by atomic mass is 16.5. The molecule has 0 bridgehead atoms. The molecule has 186 valence electrons.